The monoisotopic (exact) mass is 247 g/mol. The molecule has 0 N–H and O–H groups in total. The van der Waals surface area contributed by atoms with Gasteiger partial charge in [0.1, 0.15) is 5.60 Å². The predicted molar refractivity (Wildman–Crippen MR) is 58.9 cm³/mol. The van der Waals surface area contributed by atoms with Gasteiger partial charge in [0.2, 0.25) is 5.92 Å². The standard InChI is InChI=1S/C12H19F2NO2/c1-11(2,3)17-10(16)15(4)9-7-5-12(13,14)6-8(7)9/h7-9H,5-6H2,1-4H3/t7-,8+,9?. The number of hydrogen-bond acceptors (Lipinski definition) is 2. The summed E-state index contributed by atoms with van der Waals surface area (Å²) in [6, 6.07) is -0.0514. The molecule has 3 atom stereocenters. The summed E-state index contributed by atoms with van der Waals surface area (Å²) in [6.45, 7) is 5.38. The van der Waals surface area contributed by atoms with Gasteiger partial charge >= 0.3 is 6.09 Å². The minimum absolute atomic E-state index is 0.0393. The molecule has 2 fully saturated rings. The maximum absolute atomic E-state index is 13.0. The first kappa shape index (κ1) is 12.6. The maximum Gasteiger partial charge on any atom is 0.410 e. The molecule has 3 nitrogen and oxygen atoms in total. The Bertz CT molecular complexity index is 324. The zero-order chi connectivity index (χ0) is 13.0. The van der Waals surface area contributed by atoms with Crippen molar-refractivity contribution in [2.75, 3.05) is 7.05 Å². The summed E-state index contributed by atoms with van der Waals surface area (Å²) in [4.78, 5) is 13.2. The van der Waals surface area contributed by atoms with Crippen LogP contribution in [0.3, 0.4) is 0 Å². The van der Waals surface area contributed by atoms with Crippen molar-refractivity contribution in [3.63, 3.8) is 0 Å². The minimum Gasteiger partial charge on any atom is -0.444 e. The van der Waals surface area contributed by atoms with Gasteiger partial charge in [-0.3, -0.25) is 0 Å². The lowest BCUT2D eigenvalue weighted by Gasteiger charge is -2.26. The Morgan fingerprint density at radius 3 is 2.18 bits per heavy atom. The van der Waals surface area contributed by atoms with Crippen LogP contribution in [-0.4, -0.2) is 35.6 Å². The molecular weight excluding hydrogens is 228 g/mol. The summed E-state index contributed by atoms with van der Waals surface area (Å²) >= 11 is 0. The Hall–Kier alpha value is -0.870. The number of alkyl halides is 2. The number of halogens is 2. The molecule has 0 aliphatic heterocycles. The van der Waals surface area contributed by atoms with E-state index in [1.54, 1.807) is 27.8 Å². The third-order valence-electron chi connectivity index (χ3n) is 3.48. The SMILES string of the molecule is CN(C(=O)OC(C)(C)C)C1[C@H]2CC(F)(F)C[C@@H]12. The Balaban J connectivity index is 1.88. The summed E-state index contributed by atoms with van der Waals surface area (Å²) < 4.78 is 31.2. The molecule has 5 heteroatoms. The van der Waals surface area contributed by atoms with Crippen molar-refractivity contribution in [3.05, 3.63) is 0 Å². The molecule has 0 saturated heterocycles. The fraction of sp³-hybridized carbons (Fsp3) is 0.917. The van der Waals surface area contributed by atoms with E-state index < -0.39 is 17.6 Å². The van der Waals surface area contributed by atoms with Crippen molar-refractivity contribution in [2.24, 2.45) is 11.8 Å². The number of fused-ring (bicyclic) bond motifs is 1. The van der Waals surface area contributed by atoms with Gasteiger partial charge in [0.15, 0.2) is 0 Å². The second-order valence-corrected chi connectivity index (χ2v) is 6.17. The molecule has 1 unspecified atom stereocenters. The molecule has 17 heavy (non-hydrogen) atoms. The lowest BCUT2D eigenvalue weighted by molar-refractivity contribution is -0.0153. The highest BCUT2D eigenvalue weighted by Gasteiger charge is 2.65. The van der Waals surface area contributed by atoms with Crippen LogP contribution in [0.5, 0.6) is 0 Å². The van der Waals surface area contributed by atoms with E-state index in [1.807, 2.05) is 0 Å². The first-order valence-corrected chi connectivity index (χ1v) is 5.94. The van der Waals surface area contributed by atoms with Crippen LogP contribution in [0.25, 0.3) is 0 Å². The summed E-state index contributed by atoms with van der Waals surface area (Å²) in [7, 11) is 1.63. The van der Waals surface area contributed by atoms with E-state index in [2.05, 4.69) is 0 Å². The third-order valence-corrected chi connectivity index (χ3v) is 3.48. The van der Waals surface area contributed by atoms with E-state index >= 15 is 0 Å². The van der Waals surface area contributed by atoms with E-state index in [4.69, 9.17) is 4.74 Å². The fourth-order valence-electron chi connectivity index (χ4n) is 2.77. The van der Waals surface area contributed by atoms with Gasteiger partial charge in [0.05, 0.1) is 0 Å². The van der Waals surface area contributed by atoms with Crippen LogP contribution >= 0.6 is 0 Å². The van der Waals surface area contributed by atoms with Gasteiger partial charge in [-0.15, -0.1) is 0 Å². The molecule has 0 aromatic heterocycles. The van der Waals surface area contributed by atoms with Gasteiger partial charge in [-0.1, -0.05) is 0 Å². The number of carbonyl (C=O) groups excluding carboxylic acids is 1. The van der Waals surface area contributed by atoms with Crippen LogP contribution in [0.1, 0.15) is 33.6 Å². The molecule has 98 valence electrons. The molecular formula is C12H19F2NO2. The molecule has 0 spiro atoms. The molecule has 2 saturated carbocycles. The fourth-order valence-corrected chi connectivity index (χ4v) is 2.77. The Morgan fingerprint density at radius 1 is 1.29 bits per heavy atom. The Labute approximate surface area is 100 Å². The van der Waals surface area contributed by atoms with E-state index in [9.17, 15) is 13.6 Å². The van der Waals surface area contributed by atoms with Crippen molar-refractivity contribution in [3.8, 4) is 0 Å². The van der Waals surface area contributed by atoms with Crippen molar-refractivity contribution >= 4 is 6.09 Å². The second kappa shape index (κ2) is 3.56. The van der Waals surface area contributed by atoms with Crippen LogP contribution in [0, 0.1) is 11.8 Å². The van der Waals surface area contributed by atoms with Crippen LogP contribution < -0.4 is 0 Å². The van der Waals surface area contributed by atoms with Crippen molar-refractivity contribution in [2.45, 2.75) is 51.2 Å². The number of ether oxygens (including phenoxy) is 1. The molecule has 0 heterocycles. The number of amides is 1. The normalized spacial score (nSPS) is 34.1. The number of nitrogens with zero attached hydrogens (tertiary/aromatic N) is 1. The van der Waals surface area contributed by atoms with Crippen LogP contribution in [0.4, 0.5) is 13.6 Å². The zero-order valence-corrected chi connectivity index (χ0v) is 10.7. The molecule has 2 aliphatic carbocycles. The third kappa shape index (κ3) is 2.53. The molecule has 0 aromatic carbocycles. The molecule has 0 radical (unpaired) electrons. The Morgan fingerprint density at radius 2 is 1.76 bits per heavy atom. The van der Waals surface area contributed by atoms with E-state index in [1.165, 1.54) is 4.90 Å². The van der Waals surface area contributed by atoms with Gasteiger partial charge in [0, 0.05) is 25.9 Å². The maximum atomic E-state index is 13.0. The van der Waals surface area contributed by atoms with E-state index in [-0.39, 0.29) is 30.7 Å². The predicted octanol–water partition coefficient (Wildman–Crippen LogP) is 2.90. The van der Waals surface area contributed by atoms with Crippen LogP contribution in [0.15, 0.2) is 0 Å². The highest BCUT2D eigenvalue weighted by Crippen LogP contribution is 2.60. The first-order valence-electron chi connectivity index (χ1n) is 5.94. The van der Waals surface area contributed by atoms with Crippen LogP contribution in [0.2, 0.25) is 0 Å². The molecule has 2 aliphatic rings. The van der Waals surface area contributed by atoms with E-state index in [0.717, 1.165) is 0 Å². The van der Waals surface area contributed by atoms with Crippen LogP contribution in [-0.2, 0) is 4.74 Å². The zero-order valence-electron chi connectivity index (χ0n) is 10.7. The lowest BCUT2D eigenvalue weighted by Crippen LogP contribution is -2.38. The summed E-state index contributed by atoms with van der Waals surface area (Å²) in [5.41, 5.74) is -0.542. The van der Waals surface area contributed by atoms with Gasteiger partial charge < -0.3 is 9.64 Å². The van der Waals surface area contributed by atoms with Crippen molar-refractivity contribution in [1.82, 2.24) is 4.90 Å². The minimum atomic E-state index is -2.53. The highest BCUT2D eigenvalue weighted by atomic mass is 19.3. The topological polar surface area (TPSA) is 29.5 Å². The molecule has 1 amide bonds. The number of hydrogen-bond donors (Lipinski definition) is 0. The van der Waals surface area contributed by atoms with Crippen molar-refractivity contribution in [1.29, 1.82) is 0 Å². The average Bonchev–Trinajstić information content (AvgIpc) is 2.61. The highest BCUT2D eigenvalue weighted by molar-refractivity contribution is 5.69. The molecule has 0 bridgehead atoms. The first-order chi connectivity index (χ1) is 7.61. The van der Waals surface area contributed by atoms with Gasteiger partial charge in [-0.05, 0) is 32.6 Å². The molecule has 2 rings (SSSR count). The molecule has 0 aromatic rings. The average molecular weight is 247 g/mol. The number of carbonyl (C=O) groups is 1. The largest absolute Gasteiger partial charge is 0.444 e. The lowest BCUT2D eigenvalue weighted by atomic mass is 10.1. The summed E-state index contributed by atoms with van der Waals surface area (Å²) in [5, 5.41) is 0. The second-order valence-electron chi connectivity index (χ2n) is 6.17. The van der Waals surface area contributed by atoms with Gasteiger partial charge in [0.25, 0.3) is 0 Å². The van der Waals surface area contributed by atoms with Gasteiger partial charge in [-0.25, -0.2) is 13.6 Å². The van der Waals surface area contributed by atoms with E-state index in [0.29, 0.717) is 0 Å². The smallest absolute Gasteiger partial charge is 0.410 e. The Kier molecular flexibility index (Phi) is 2.64. The van der Waals surface area contributed by atoms with Gasteiger partial charge in [-0.2, -0.15) is 0 Å². The quantitative estimate of drug-likeness (QED) is 0.713. The summed E-state index contributed by atoms with van der Waals surface area (Å²) in [5.74, 6) is -2.61. The summed E-state index contributed by atoms with van der Waals surface area (Å²) in [6.07, 6.45) is -0.592. The van der Waals surface area contributed by atoms with Crippen molar-refractivity contribution < 1.29 is 18.3 Å². The number of rotatable bonds is 1.